The van der Waals surface area contributed by atoms with Gasteiger partial charge in [0, 0.05) is 25.6 Å². The number of hydrogen-bond acceptors (Lipinski definition) is 4. The van der Waals surface area contributed by atoms with E-state index in [4.69, 9.17) is 16.3 Å². The fourth-order valence-corrected chi connectivity index (χ4v) is 1.68. The van der Waals surface area contributed by atoms with Crippen molar-refractivity contribution in [3.05, 3.63) is 17.0 Å². The van der Waals surface area contributed by atoms with Crippen LogP contribution in [0, 0.1) is 0 Å². The van der Waals surface area contributed by atoms with Crippen molar-refractivity contribution in [3.8, 4) is 0 Å². The molecule has 0 aliphatic rings. The molecule has 0 saturated heterocycles. The number of hydrogen-bond donors (Lipinski definition) is 0. The normalized spacial score (nSPS) is 13.5. The number of rotatable bonds is 4. The van der Waals surface area contributed by atoms with E-state index in [1.54, 1.807) is 13.2 Å². The largest absolute Gasteiger partial charge is 0.383 e. The molecule has 1 heterocycles. The van der Waals surface area contributed by atoms with Crippen molar-refractivity contribution in [2.24, 2.45) is 0 Å². The Labute approximate surface area is 114 Å². The van der Waals surface area contributed by atoms with Gasteiger partial charge in [0.15, 0.2) is 0 Å². The van der Waals surface area contributed by atoms with Crippen LogP contribution in [-0.4, -0.2) is 36.8 Å². The average Bonchev–Trinajstić information content (AvgIpc) is 2.26. The Balaban J connectivity index is 3.06. The van der Waals surface area contributed by atoms with Crippen molar-refractivity contribution in [1.29, 1.82) is 0 Å². The second-order valence-electron chi connectivity index (χ2n) is 5.54. The van der Waals surface area contributed by atoms with Gasteiger partial charge in [0.1, 0.15) is 16.8 Å². The first-order chi connectivity index (χ1) is 8.25. The van der Waals surface area contributed by atoms with Crippen LogP contribution in [0.3, 0.4) is 0 Å². The number of anilines is 1. The predicted octanol–water partition coefficient (Wildman–Crippen LogP) is 2.90. The van der Waals surface area contributed by atoms with Crippen LogP contribution in [-0.2, 0) is 10.2 Å². The van der Waals surface area contributed by atoms with Gasteiger partial charge in [-0.15, -0.1) is 0 Å². The van der Waals surface area contributed by atoms with Crippen LogP contribution in [0.2, 0.25) is 5.15 Å². The number of halogens is 1. The zero-order valence-corrected chi connectivity index (χ0v) is 12.7. The van der Waals surface area contributed by atoms with Gasteiger partial charge < -0.3 is 9.64 Å². The van der Waals surface area contributed by atoms with E-state index in [-0.39, 0.29) is 11.5 Å². The zero-order valence-electron chi connectivity index (χ0n) is 12.0. The number of aromatic nitrogens is 2. The molecule has 0 aromatic carbocycles. The Bertz CT molecular complexity index is 404. The van der Waals surface area contributed by atoms with E-state index in [2.05, 4.69) is 37.7 Å². The van der Waals surface area contributed by atoms with Crippen molar-refractivity contribution in [2.45, 2.75) is 39.2 Å². The lowest BCUT2D eigenvalue weighted by Crippen LogP contribution is -2.34. The molecule has 0 bridgehead atoms. The summed E-state index contributed by atoms with van der Waals surface area (Å²) in [5, 5.41) is 0.474. The Morgan fingerprint density at radius 1 is 1.39 bits per heavy atom. The maximum atomic E-state index is 6.07. The third kappa shape index (κ3) is 3.82. The molecule has 0 spiro atoms. The van der Waals surface area contributed by atoms with Gasteiger partial charge in [-0.25, -0.2) is 9.97 Å². The lowest BCUT2D eigenvalue weighted by atomic mass is 9.96. The van der Waals surface area contributed by atoms with Crippen molar-refractivity contribution in [2.75, 3.05) is 25.7 Å². The van der Waals surface area contributed by atoms with Gasteiger partial charge in [-0.2, -0.15) is 0 Å². The quantitative estimate of drug-likeness (QED) is 0.790. The smallest absolute Gasteiger partial charge is 0.137 e. The highest BCUT2D eigenvalue weighted by Gasteiger charge is 2.21. The molecule has 0 aliphatic carbocycles. The lowest BCUT2D eigenvalue weighted by molar-refractivity contribution is 0.183. The first-order valence-corrected chi connectivity index (χ1v) is 6.40. The van der Waals surface area contributed by atoms with Gasteiger partial charge in [0.05, 0.1) is 12.6 Å². The molecule has 18 heavy (non-hydrogen) atoms. The number of likely N-dealkylation sites (N-methyl/N-ethyl adjacent to an activating group) is 1. The Kier molecular flexibility index (Phi) is 4.93. The maximum Gasteiger partial charge on any atom is 0.137 e. The summed E-state index contributed by atoms with van der Waals surface area (Å²) in [5.74, 6) is 1.57. The minimum atomic E-state index is -0.120. The minimum Gasteiger partial charge on any atom is -0.383 e. The summed E-state index contributed by atoms with van der Waals surface area (Å²) >= 11 is 6.07. The molecule has 0 aliphatic heterocycles. The van der Waals surface area contributed by atoms with Crippen molar-refractivity contribution >= 4 is 17.4 Å². The van der Waals surface area contributed by atoms with Gasteiger partial charge in [-0.3, -0.25) is 0 Å². The molecule has 1 aromatic rings. The molecule has 0 fully saturated rings. The average molecular weight is 272 g/mol. The van der Waals surface area contributed by atoms with E-state index in [9.17, 15) is 0 Å². The molecule has 102 valence electrons. The Morgan fingerprint density at radius 3 is 2.50 bits per heavy atom. The first-order valence-electron chi connectivity index (χ1n) is 6.02. The van der Waals surface area contributed by atoms with E-state index in [0.717, 1.165) is 11.6 Å². The van der Waals surface area contributed by atoms with Gasteiger partial charge >= 0.3 is 0 Å². The molecule has 0 amide bonds. The van der Waals surface area contributed by atoms with Crippen LogP contribution in [0.1, 0.15) is 33.5 Å². The Morgan fingerprint density at radius 2 is 2.00 bits per heavy atom. The summed E-state index contributed by atoms with van der Waals surface area (Å²) in [6.45, 7) is 8.93. The van der Waals surface area contributed by atoms with Crippen molar-refractivity contribution < 1.29 is 4.74 Å². The fourth-order valence-electron chi connectivity index (χ4n) is 1.50. The number of methoxy groups -OCH3 is 1. The summed E-state index contributed by atoms with van der Waals surface area (Å²) in [7, 11) is 3.67. The number of nitrogens with zero attached hydrogens (tertiary/aromatic N) is 3. The van der Waals surface area contributed by atoms with Crippen LogP contribution in [0.15, 0.2) is 6.07 Å². The summed E-state index contributed by atoms with van der Waals surface area (Å²) in [4.78, 5) is 10.9. The van der Waals surface area contributed by atoms with Gasteiger partial charge in [-0.1, -0.05) is 32.4 Å². The molecular weight excluding hydrogens is 250 g/mol. The van der Waals surface area contributed by atoms with Gasteiger partial charge in [-0.05, 0) is 6.92 Å². The maximum absolute atomic E-state index is 6.07. The summed E-state index contributed by atoms with van der Waals surface area (Å²) in [6, 6.07) is 2.01. The molecule has 0 radical (unpaired) electrons. The van der Waals surface area contributed by atoms with Crippen LogP contribution >= 0.6 is 11.6 Å². The van der Waals surface area contributed by atoms with E-state index >= 15 is 0 Å². The second-order valence-corrected chi connectivity index (χ2v) is 5.92. The van der Waals surface area contributed by atoms with Crippen LogP contribution < -0.4 is 4.90 Å². The minimum absolute atomic E-state index is 0.120. The first kappa shape index (κ1) is 15.2. The fraction of sp³-hybridized carbons (Fsp3) is 0.692. The van der Waals surface area contributed by atoms with E-state index < -0.39 is 0 Å². The van der Waals surface area contributed by atoms with Crippen molar-refractivity contribution in [3.63, 3.8) is 0 Å². The van der Waals surface area contributed by atoms with E-state index in [1.807, 2.05) is 11.9 Å². The summed E-state index contributed by atoms with van der Waals surface area (Å²) < 4.78 is 5.16. The summed E-state index contributed by atoms with van der Waals surface area (Å²) in [6.07, 6.45) is 0. The molecule has 1 unspecified atom stereocenters. The second kappa shape index (κ2) is 5.85. The molecule has 1 aromatic heterocycles. The van der Waals surface area contributed by atoms with Crippen LogP contribution in [0.25, 0.3) is 0 Å². The summed E-state index contributed by atoms with van der Waals surface area (Å²) in [5.41, 5.74) is -0.120. The van der Waals surface area contributed by atoms with Crippen LogP contribution in [0.4, 0.5) is 5.82 Å². The van der Waals surface area contributed by atoms with E-state index in [1.165, 1.54) is 0 Å². The predicted molar refractivity (Wildman–Crippen MR) is 75.5 cm³/mol. The van der Waals surface area contributed by atoms with Crippen molar-refractivity contribution in [1.82, 2.24) is 9.97 Å². The Hall–Kier alpha value is -0.870. The van der Waals surface area contributed by atoms with Gasteiger partial charge in [0.2, 0.25) is 0 Å². The molecule has 4 nitrogen and oxygen atoms in total. The highest BCUT2D eigenvalue weighted by Crippen LogP contribution is 2.24. The molecule has 1 rings (SSSR count). The topological polar surface area (TPSA) is 38.2 Å². The van der Waals surface area contributed by atoms with Crippen LogP contribution in [0.5, 0.6) is 0 Å². The highest BCUT2D eigenvalue weighted by molar-refractivity contribution is 6.29. The molecular formula is C13H22ClN3O. The number of ether oxygens (including phenoxy) is 1. The molecule has 1 atom stereocenters. The molecule has 0 N–H and O–H groups in total. The lowest BCUT2D eigenvalue weighted by Gasteiger charge is -2.27. The monoisotopic (exact) mass is 271 g/mol. The van der Waals surface area contributed by atoms with Gasteiger partial charge in [0.25, 0.3) is 0 Å². The standard InChI is InChI=1S/C13H22ClN3O/c1-9(8-18-6)17(5)11-7-10(14)15-12(16-11)13(2,3)4/h7,9H,8H2,1-6H3. The molecule has 0 saturated carbocycles. The third-order valence-electron chi connectivity index (χ3n) is 2.78. The zero-order chi connectivity index (χ0) is 13.9. The van der Waals surface area contributed by atoms with E-state index in [0.29, 0.717) is 11.8 Å². The molecule has 5 heteroatoms. The SMILES string of the molecule is COCC(C)N(C)c1cc(Cl)nc(C(C)(C)C)n1. The third-order valence-corrected chi connectivity index (χ3v) is 2.98. The highest BCUT2D eigenvalue weighted by atomic mass is 35.5.